The summed E-state index contributed by atoms with van der Waals surface area (Å²) in [6.45, 7) is 2.17. The van der Waals surface area contributed by atoms with E-state index in [1.54, 1.807) is 7.17 Å². The van der Waals surface area contributed by atoms with Gasteiger partial charge in [-0.15, -0.1) is 0 Å². The molecule has 0 spiro atoms. The summed E-state index contributed by atoms with van der Waals surface area (Å²) in [5.74, 6) is 0. The zero-order valence-electron chi connectivity index (χ0n) is 8.33. The number of benzene rings is 2. The van der Waals surface area contributed by atoms with E-state index in [1.807, 2.05) is 6.07 Å². The largest absolute Gasteiger partial charge is 0.0965 e. The van der Waals surface area contributed by atoms with Gasteiger partial charge < -0.3 is 0 Å². The van der Waals surface area contributed by atoms with Crippen molar-refractivity contribution in [2.24, 2.45) is 0 Å². The Kier molecular flexibility index (Phi) is 2.62. The molecule has 0 aliphatic heterocycles. The van der Waals surface area contributed by atoms with Crippen LogP contribution in [0.25, 0.3) is 10.8 Å². The lowest BCUT2D eigenvalue weighted by Gasteiger charge is -2.08. The number of aryl methyl sites for hydroxylation is 1. The van der Waals surface area contributed by atoms with Gasteiger partial charge in [-0.3, -0.25) is 0 Å². The van der Waals surface area contributed by atoms with Gasteiger partial charge in [-0.1, -0.05) is 48.8 Å². The molecule has 0 saturated heterocycles. The molecule has 0 saturated carbocycles. The van der Waals surface area contributed by atoms with Crippen molar-refractivity contribution >= 4 is 31.1 Å². The maximum absolute atomic E-state index is 5.61. The fourth-order valence-corrected chi connectivity index (χ4v) is 1.88. The Morgan fingerprint density at radius 3 is 2.50 bits per heavy atom. The van der Waals surface area contributed by atoms with Gasteiger partial charge in [0.05, 0.1) is 7.17 Å². The third kappa shape index (κ3) is 1.45. The zero-order chi connectivity index (χ0) is 9.97. The summed E-state index contributed by atoms with van der Waals surface area (Å²) in [5, 5.41) is 2.56. The van der Waals surface area contributed by atoms with Crippen molar-refractivity contribution in [3.63, 3.8) is 0 Å². The SMILES string of the molecule is [B][B]c1cccc2cccc(CC)c12. The van der Waals surface area contributed by atoms with Crippen LogP contribution in [0.2, 0.25) is 0 Å². The third-order valence-corrected chi connectivity index (χ3v) is 2.58. The average molecular weight is 177 g/mol. The highest BCUT2D eigenvalue weighted by atomic mass is 14.0. The minimum Gasteiger partial charge on any atom is -0.0901 e. The Bertz CT molecular complexity index is 410. The van der Waals surface area contributed by atoms with Gasteiger partial charge in [0.15, 0.2) is 0 Å². The molecule has 65 valence electrons. The molecular weight excluding hydrogens is 166 g/mol. The first-order chi connectivity index (χ1) is 6.86. The molecule has 0 N–H and O–H groups in total. The number of hydrogen-bond acceptors (Lipinski definition) is 0. The van der Waals surface area contributed by atoms with Crippen LogP contribution in [0.5, 0.6) is 0 Å². The summed E-state index contributed by atoms with van der Waals surface area (Å²) >= 11 is 0. The molecule has 0 atom stereocenters. The summed E-state index contributed by atoms with van der Waals surface area (Å²) in [5.41, 5.74) is 2.49. The van der Waals surface area contributed by atoms with E-state index in [0.717, 1.165) is 11.9 Å². The molecule has 0 nitrogen and oxygen atoms in total. The number of fused-ring (bicyclic) bond motifs is 1. The Labute approximate surface area is 87.0 Å². The molecule has 2 rings (SSSR count). The Hall–Kier alpha value is -1.17. The standard InChI is InChI=1S/C12H11B2/c1-2-9-5-3-6-10-7-4-8-11(14-13)12(9)10/h3-8H,2H2,1H3. The van der Waals surface area contributed by atoms with Crippen LogP contribution in [-0.2, 0) is 6.42 Å². The molecule has 0 fully saturated rings. The lowest BCUT2D eigenvalue weighted by atomic mass is 9.50. The van der Waals surface area contributed by atoms with Crippen molar-refractivity contribution in [2.45, 2.75) is 13.3 Å². The number of hydrogen-bond donors (Lipinski definition) is 0. The van der Waals surface area contributed by atoms with Gasteiger partial charge in [0.2, 0.25) is 0 Å². The van der Waals surface area contributed by atoms with Crippen molar-refractivity contribution in [2.75, 3.05) is 0 Å². The molecule has 2 heteroatoms. The molecule has 14 heavy (non-hydrogen) atoms. The molecule has 0 heterocycles. The molecule has 3 radical (unpaired) electrons. The van der Waals surface area contributed by atoms with Gasteiger partial charge in [-0.25, -0.2) is 0 Å². The Balaban J connectivity index is 2.81. The van der Waals surface area contributed by atoms with E-state index in [-0.39, 0.29) is 0 Å². The molecule has 0 aliphatic carbocycles. The lowest BCUT2D eigenvalue weighted by molar-refractivity contribution is 1.16. The molecule has 0 amide bonds. The normalized spacial score (nSPS) is 10.4. The molecule has 0 aliphatic rings. The summed E-state index contributed by atoms with van der Waals surface area (Å²) < 4.78 is 0. The predicted octanol–water partition coefficient (Wildman–Crippen LogP) is 1.82. The fourth-order valence-electron chi connectivity index (χ4n) is 1.88. The average Bonchev–Trinajstić information content (AvgIpc) is 2.27. The van der Waals surface area contributed by atoms with Crippen LogP contribution in [0, 0.1) is 0 Å². The fraction of sp³-hybridized carbons (Fsp3) is 0.167. The minimum atomic E-state index is 1.04. The van der Waals surface area contributed by atoms with Crippen LogP contribution in [0.15, 0.2) is 36.4 Å². The van der Waals surface area contributed by atoms with Crippen LogP contribution in [-0.4, -0.2) is 14.9 Å². The molecule has 2 aromatic rings. The van der Waals surface area contributed by atoms with Gasteiger partial charge in [0, 0.05) is 7.74 Å². The van der Waals surface area contributed by atoms with Gasteiger partial charge >= 0.3 is 0 Å². The van der Waals surface area contributed by atoms with Crippen LogP contribution in [0.4, 0.5) is 0 Å². The molecule has 0 bridgehead atoms. The summed E-state index contributed by atoms with van der Waals surface area (Å²) in [7, 11) is 7.30. The molecule has 2 aromatic carbocycles. The van der Waals surface area contributed by atoms with Crippen molar-refractivity contribution < 1.29 is 0 Å². The monoisotopic (exact) mass is 177 g/mol. The van der Waals surface area contributed by atoms with Crippen molar-refractivity contribution in [3.05, 3.63) is 42.0 Å². The van der Waals surface area contributed by atoms with Gasteiger partial charge in [-0.05, 0) is 22.8 Å². The third-order valence-electron chi connectivity index (χ3n) is 2.58. The summed E-state index contributed by atoms with van der Waals surface area (Å²) in [4.78, 5) is 0. The zero-order valence-corrected chi connectivity index (χ0v) is 8.33. The molecular formula is C12H11B2. The van der Waals surface area contributed by atoms with Gasteiger partial charge in [-0.2, -0.15) is 0 Å². The highest BCUT2D eigenvalue weighted by Gasteiger charge is 2.02. The van der Waals surface area contributed by atoms with Crippen molar-refractivity contribution in [1.82, 2.24) is 0 Å². The first-order valence-electron chi connectivity index (χ1n) is 4.92. The van der Waals surface area contributed by atoms with Crippen molar-refractivity contribution in [1.29, 1.82) is 0 Å². The van der Waals surface area contributed by atoms with E-state index in [4.69, 9.17) is 7.74 Å². The predicted molar refractivity (Wildman–Crippen MR) is 64.5 cm³/mol. The highest BCUT2D eigenvalue weighted by Crippen LogP contribution is 2.16. The van der Waals surface area contributed by atoms with Crippen LogP contribution >= 0.6 is 0 Å². The molecule has 0 unspecified atom stereocenters. The maximum atomic E-state index is 5.61. The van der Waals surface area contributed by atoms with E-state index in [0.29, 0.717) is 0 Å². The van der Waals surface area contributed by atoms with Gasteiger partial charge in [0.1, 0.15) is 0 Å². The Morgan fingerprint density at radius 1 is 1.14 bits per heavy atom. The second-order valence-electron chi connectivity index (χ2n) is 3.38. The second-order valence-corrected chi connectivity index (χ2v) is 3.38. The summed E-state index contributed by atoms with van der Waals surface area (Å²) in [6.07, 6.45) is 1.04. The Morgan fingerprint density at radius 2 is 1.86 bits per heavy atom. The number of rotatable bonds is 2. The summed E-state index contributed by atoms with van der Waals surface area (Å²) in [6, 6.07) is 12.6. The molecule has 0 aromatic heterocycles. The quantitative estimate of drug-likeness (QED) is 0.613. The van der Waals surface area contributed by atoms with E-state index in [9.17, 15) is 0 Å². The topological polar surface area (TPSA) is 0 Å². The first kappa shape index (κ1) is 9.39. The maximum Gasteiger partial charge on any atom is 0.0965 e. The van der Waals surface area contributed by atoms with Crippen LogP contribution in [0.1, 0.15) is 12.5 Å². The van der Waals surface area contributed by atoms with Crippen molar-refractivity contribution in [3.8, 4) is 0 Å². The lowest BCUT2D eigenvalue weighted by Crippen LogP contribution is -2.16. The van der Waals surface area contributed by atoms with Crippen LogP contribution in [0.3, 0.4) is 0 Å². The van der Waals surface area contributed by atoms with E-state index >= 15 is 0 Å². The second kappa shape index (κ2) is 3.91. The van der Waals surface area contributed by atoms with E-state index in [2.05, 4.69) is 37.3 Å². The highest BCUT2D eigenvalue weighted by molar-refractivity contribution is 6.98. The minimum absolute atomic E-state index is 1.04. The van der Waals surface area contributed by atoms with E-state index in [1.165, 1.54) is 16.3 Å². The smallest absolute Gasteiger partial charge is 0.0901 e. The first-order valence-corrected chi connectivity index (χ1v) is 4.92. The van der Waals surface area contributed by atoms with E-state index < -0.39 is 0 Å². The van der Waals surface area contributed by atoms with Crippen LogP contribution < -0.4 is 5.46 Å². The van der Waals surface area contributed by atoms with Gasteiger partial charge in [0.25, 0.3) is 0 Å².